The largest absolute Gasteiger partial charge is 0.431 e. The van der Waals surface area contributed by atoms with Gasteiger partial charge in [-0.05, 0) is 53.4 Å². The lowest BCUT2D eigenvalue weighted by Gasteiger charge is -2.60. The van der Waals surface area contributed by atoms with E-state index in [1.807, 2.05) is 19.9 Å². The Morgan fingerprint density at radius 2 is 1.91 bits per heavy atom. The normalized spacial score (nSPS) is 46.8. The van der Waals surface area contributed by atoms with E-state index in [2.05, 4.69) is 13.0 Å². The number of hydrogen-bond acceptors (Lipinski definition) is 5. The highest BCUT2D eigenvalue weighted by molar-refractivity contribution is 6.49. The second-order valence-corrected chi connectivity index (χ2v) is 12.1. The van der Waals surface area contributed by atoms with E-state index in [1.54, 1.807) is 12.1 Å². The van der Waals surface area contributed by atoms with E-state index in [4.69, 9.17) is 27.6 Å². The molecule has 1 aromatic heterocycles. The molecule has 8 atom stereocenters. The molecule has 1 heterocycles. The number of hydrogen-bond donors (Lipinski definition) is 2. The zero-order valence-electron chi connectivity index (χ0n) is 18.3. The minimum atomic E-state index is -1.45. The van der Waals surface area contributed by atoms with Crippen molar-refractivity contribution in [2.75, 3.05) is 0 Å². The number of rotatable bonds is 1. The Kier molecular flexibility index (Phi) is 4.77. The van der Waals surface area contributed by atoms with Crippen molar-refractivity contribution >= 4 is 29.0 Å². The van der Waals surface area contributed by atoms with Crippen LogP contribution in [0.4, 0.5) is 0 Å². The standard InChI is InChI=1S/C25H28Cl2O5/c1-13-15-5-6-16-17(22(15,2)9-8-18(13)28)10-19(29)23(3)21(14-4-7-20(30)32-11-14)25(26,27)12-24(16,23)31/h4,6-9,11,13,15,17,19,21,29,31H,5,10,12H2,1-3H3. The lowest BCUT2D eigenvalue weighted by molar-refractivity contribution is -0.149. The molecule has 7 heteroatoms. The average molecular weight is 479 g/mol. The highest BCUT2D eigenvalue weighted by atomic mass is 35.5. The molecule has 4 aliphatic carbocycles. The predicted molar refractivity (Wildman–Crippen MR) is 122 cm³/mol. The maximum atomic E-state index is 12.3. The smallest absolute Gasteiger partial charge is 0.335 e. The van der Waals surface area contributed by atoms with Crippen molar-refractivity contribution in [2.45, 2.75) is 62.0 Å². The van der Waals surface area contributed by atoms with Crippen LogP contribution in [0.2, 0.25) is 0 Å². The van der Waals surface area contributed by atoms with Gasteiger partial charge in [0, 0.05) is 29.7 Å². The van der Waals surface area contributed by atoms with Gasteiger partial charge in [-0.25, -0.2) is 4.79 Å². The average Bonchev–Trinajstić information content (AvgIpc) is 2.89. The summed E-state index contributed by atoms with van der Waals surface area (Å²) in [6.07, 6.45) is 7.23. The third-order valence-electron chi connectivity index (χ3n) is 9.27. The molecule has 4 aliphatic rings. The van der Waals surface area contributed by atoms with Crippen LogP contribution in [0, 0.1) is 28.6 Å². The number of aliphatic hydroxyl groups excluding tert-OH is 1. The first-order chi connectivity index (χ1) is 14.9. The van der Waals surface area contributed by atoms with Gasteiger partial charge in [-0.3, -0.25) is 4.79 Å². The molecular formula is C25H28Cl2O5. The quantitative estimate of drug-likeness (QED) is 0.467. The van der Waals surface area contributed by atoms with Gasteiger partial charge in [0.2, 0.25) is 0 Å². The summed E-state index contributed by atoms with van der Waals surface area (Å²) in [5.41, 5.74) is -1.99. The summed E-state index contributed by atoms with van der Waals surface area (Å²) in [5.74, 6) is -0.690. The van der Waals surface area contributed by atoms with Crippen LogP contribution in [0.25, 0.3) is 0 Å². The van der Waals surface area contributed by atoms with E-state index >= 15 is 0 Å². The van der Waals surface area contributed by atoms with Crippen molar-refractivity contribution in [1.82, 2.24) is 0 Å². The van der Waals surface area contributed by atoms with Crippen LogP contribution in [-0.4, -0.2) is 32.0 Å². The van der Waals surface area contributed by atoms with Crippen molar-refractivity contribution in [3.8, 4) is 0 Å². The molecule has 1 aromatic rings. The summed E-state index contributed by atoms with van der Waals surface area (Å²) in [4.78, 5) is 23.9. The predicted octanol–water partition coefficient (Wildman–Crippen LogP) is 4.15. The number of halogens is 2. The van der Waals surface area contributed by atoms with E-state index < -0.39 is 33.0 Å². The summed E-state index contributed by atoms with van der Waals surface area (Å²) in [5, 5.41) is 23.9. The molecule has 5 nitrogen and oxygen atoms in total. The summed E-state index contributed by atoms with van der Waals surface area (Å²) in [6, 6.07) is 2.91. The Morgan fingerprint density at radius 1 is 1.19 bits per heavy atom. The molecule has 2 saturated carbocycles. The zero-order chi connectivity index (χ0) is 23.3. The van der Waals surface area contributed by atoms with Crippen molar-refractivity contribution in [3.63, 3.8) is 0 Å². The highest BCUT2D eigenvalue weighted by Crippen LogP contribution is 2.73. The van der Waals surface area contributed by atoms with Crippen LogP contribution in [0.15, 0.2) is 51.4 Å². The number of ketones is 1. The molecule has 32 heavy (non-hydrogen) atoms. The van der Waals surface area contributed by atoms with Crippen molar-refractivity contribution in [2.24, 2.45) is 28.6 Å². The number of carbonyl (C=O) groups excluding carboxylic acids is 1. The summed E-state index contributed by atoms with van der Waals surface area (Å²) in [6.45, 7) is 5.91. The molecule has 0 bridgehead atoms. The van der Waals surface area contributed by atoms with Crippen LogP contribution in [-0.2, 0) is 4.79 Å². The number of aliphatic hydroxyl groups is 2. The van der Waals surface area contributed by atoms with Gasteiger partial charge in [0.15, 0.2) is 5.78 Å². The van der Waals surface area contributed by atoms with E-state index in [0.717, 1.165) is 5.57 Å². The van der Waals surface area contributed by atoms with Gasteiger partial charge in [0.05, 0.1) is 18.0 Å². The second-order valence-electron chi connectivity index (χ2n) is 10.6. The Bertz CT molecular complexity index is 1090. The molecule has 0 aromatic carbocycles. The third kappa shape index (κ3) is 2.65. The van der Waals surface area contributed by atoms with Crippen LogP contribution < -0.4 is 5.63 Å². The monoisotopic (exact) mass is 478 g/mol. The summed E-state index contributed by atoms with van der Waals surface area (Å²) < 4.78 is 3.69. The molecule has 0 amide bonds. The Balaban J connectivity index is 1.66. The van der Waals surface area contributed by atoms with Gasteiger partial charge in [0.1, 0.15) is 4.33 Å². The maximum absolute atomic E-state index is 12.3. The zero-order valence-corrected chi connectivity index (χ0v) is 19.9. The van der Waals surface area contributed by atoms with Crippen LogP contribution in [0.1, 0.15) is 51.5 Å². The lowest BCUT2D eigenvalue weighted by Crippen LogP contribution is -2.62. The number of carbonyl (C=O) groups is 1. The van der Waals surface area contributed by atoms with E-state index in [1.165, 1.54) is 12.3 Å². The molecule has 0 aliphatic heterocycles. The fraction of sp³-hybridized carbons (Fsp3) is 0.600. The van der Waals surface area contributed by atoms with E-state index in [9.17, 15) is 19.8 Å². The van der Waals surface area contributed by atoms with Gasteiger partial charge in [-0.15, -0.1) is 23.2 Å². The number of allylic oxidation sites excluding steroid dienone is 3. The highest BCUT2D eigenvalue weighted by Gasteiger charge is 2.74. The first kappa shape index (κ1) is 22.4. The van der Waals surface area contributed by atoms with Gasteiger partial charge in [-0.2, -0.15) is 0 Å². The van der Waals surface area contributed by atoms with Gasteiger partial charge in [-0.1, -0.05) is 32.9 Å². The molecular weight excluding hydrogens is 451 g/mol. The SMILES string of the molecule is CC1C(=O)C=CC2(C)C3CC(O)C4(C)C(c5ccc(=O)oc5)C(Cl)(Cl)CC4(O)C3=CCC12. The fourth-order valence-electron chi connectivity index (χ4n) is 7.46. The Hall–Kier alpha value is -1.40. The first-order valence-electron chi connectivity index (χ1n) is 11.2. The van der Waals surface area contributed by atoms with E-state index in [-0.39, 0.29) is 35.4 Å². The second kappa shape index (κ2) is 6.82. The third-order valence-corrected chi connectivity index (χ3v) is 9.97. The minimum Gasteiger partial charge on any atom is -0.431 e. The van der Waals surface area contributed by atoms with Crippen LogP contribution in [0.3, 0.4) is 0 Å². The lowest BCUT2D eigenvalue weighted by atomic mass is 9.46. The maximum Gasteiger partial charge on any atom is 0.335 e. The molecule has 2 N–H and O–H groups in total. The summed E-state index contributed by atoms with van der Waals surface area (Å²) >= 11 is 13.7. The Labute approximate surface area is 197 Å². The molecule has 0 saturated heterocycles. The first-order valence-corrected chi connectivity index (χ1v) is 11.9. The number of fused-ring (bicyclic) bond motifs is 5. The topological polar surface area (TPSA) is 87.7 Å². The van der Waals surface area contributed by atoms with E-state index in [0.29, 0.717) is 18.4 Å². The molecule has 0 radical (unpaired) electrons. The van der Waals surface area contributed by atoms with Crippen molar-refractivity contribution in [3.05, 3.63) is 58.2 Å². The van der Waals surface area contributed by atoms with Crippen molar-refractivity contribution in [1.29, 1.82) is 0 Å². The molecule has 5 rings (SSSR count). The van der Waals surface area contributed by atoms with Crippen LogP contribution in [0.5, 0.6) is 0 Å². The fourth-order valence-corrected chi connectivity index (χ4v) is 8.55. The van der Waals surface area contributed by atoms with Gasteiger partial charge >= 0.3 is 5.63 Å². The minimum absolute atomic E-state index is 0.0434. The van der Waals surface area contributed by atoms with Crippen LogP contribution >= 0.6 is 23.2 Å². The molecule has 8 unspecified atom stereocenters. The Morgan fingerprint density at radius 3 is 2.56 bits per heavy atom. The molecule has 2 fully saturated rings. The molecule has 0 spiro atoms. The van der Waals surface area contributed by atoms with Gasteiger partial charge in [0.25, 0.3) is 0 Å². The number of alkyl halides is 2. The summed E-state index contributed by atoms with van der Waals surface area (Å²) in [7, 11) is 0. The van der Waals surface area contributed by atoms with Crippen molar-refractivity contribution < 1.29 is 19.4 Å². The molecule has 172 valence electrons. The van der Waals surface area contributed by atoms with Gasteiger partial charge < -0.3 is 14.6 Å².